The highest BCUT2D eigenvalue weighted by Gasteiger charge is 2.15. The summed E-state index contributed by atoms with van der Waals surface area (Å²) in [7, 11) is -2.22. The smallest absolute Gasteiger partial charge is 0.319 e. The maximum absolute atomic E-state index is 12.0. The molecule has 6 nitrogen and oxygen atoms in total. The number of rotatable bonds is 5. The van der Waals surface area contributed by atoms with Gasteiger partial charge < -0.3 is 10.6 Å². The van der Waals surface area contributed by atoms with Crippen molar-refractivity contribution in [1.29, 1.82) is 0 Å². The highest BCUT2D eigenvalue weighted by molar-refractivity contribution is 7.89. The van der Waals surface area contributed by atoms with Gasteiger partial charge in [0.1, 0.15) is 0 Å². The standard InChI is InChI=1S/C17H21N3O3S/c1-12-6-4-5-7-14(12)11-19-17(21)20-15-9-8-13(2)16(10-15)24(22,23)18-3/h4-10,18H,11H2,1-3H3,(H2,19,20,21). The van der Waals surface area contributed by atoms with Gasteiger partial charge in [0.2, 0.25) is 10.0 Å². The van der Waals surface area contributed by atoms with Crippen molar-refractivity contribution < 1.29 is 13.2 Å². The molecule has 24 heavy (non-hydrogen) atoms. The number of urea groups is 1. The molecular formula is C17H21N3O3S. The minimum Gasteiger partial charge on any atom is -0.334 e. The molecular weight excluding hydrogens is 326 g/mol. The van der Waals surface area contributed by atoms with Crippen molar-refractivity contribution >= 4 is 21.7 Å². The van der Waals surface area contributed by atoms with Crippen molar-refractivity contribution in [3.8, 4) is 0 Å². The van der Waals surface area contributed by atoms with Gasteiger partial charge in [-0.25, -0.2) is 17.9 Å². The van der Waals surface area contributed by atoms with E-state index < -0.39 is 16.1 Å². The summed E-state index contributed by atoms with van der Waals surface area (Å²) in [5, 5.41) is 5.41. The molecule has 0 unspecified atom stereocenters. The fourth-order valence-electron chi connectivity index (χ4n) is 2.24. The maximum Gasteiger partial charge on any atom is 0.319 e. The molecule has 2 aromatic rings. The molecule has 0 aliphatic heterocycles. The Morgan fingerprint density at radius 2 is 1.75 bits per heavy atom. The van der Waals surface area contributed by atoms with E-state index >= 15 is 0 Å². The number of hydrogen-bond donors (Lipinski definition) is 3. The van der Waals surface area contributed by atoms with Gasteiger partial charge in [-0.1, -0.05) is 30.3 Å². The number of anilines is 1. The van der Waals surface area contributed by atoms with E-state index in [0.717, 1.165) is 11.1 Å². The highest BCUT2D eigenvalue weighted by Crippen LogP contribution is 2.19. The largest absolute Gasteiger partial charge is 0.334 e. The summed E-state index contributed by atoms with van der Waals surface area (Å²) in [4.78, 5) is 12.2. The highest BCUT2D eigenvalue weighted by atomic mass is 32.2. The number of nitrogens with one attached hydrogen (secondary N) is 3. The lowest BCUT2D eigenvalue weighted by atomic mass is 10.1. The Balaban J connectivity index is 2.07. The summed E-state index contributed by atoms with van der Waals surface area (Å²) < 4.78 is 26.2. The molecule has 0 radical (unpaired) electrons. The van der Waals surface area contributed by atoms with Crippen LogP contribution in [0.2, 0.25) is 0 Å². The second-order valence-corrected chi connectivity index (χ2v) is 7.28. The van der Waals surface area contributed by atoms with Gasteiger partial charge >= 0.3 is 6.03 Å². The predicted octanol–water partition coefficient (Wildman–Crippen LogP) is 2.53. The third-order valence-electron chi connectivity index (χ3n) is 3.70. The van der Waals surface area contributed by atoms with E-state index in [-0.39, 0.29) is 4.90 Å². The molecule has 0 heterocycles. The molecule has 0 aromatic heterocycles. The summed E-state index contributed by atoms with van der Waals surface area (Å²) in [6.07, 6.45) is 0. The van der Waals surface area contributed by atoms with Crippen LogP contribution in [0.15, 0.2) is 47.4 Å². The van der Waals surface area contributed by atoms with Gasteiger partial charge in [-0.2, -0.15) is 0 Å². The summed E-state index contributed by atoms with van der Waals surface area (Å²) in [5.41, 5.74) is 3.14. The molecule has 0 saturated carbocycles. The molecule has 0 atom stereocenters. The zero-order chi connectivity index (χ0) is 17.7. The monoisotopic (exact) mass is 347 g/mol. The van der Waals surface area contributed by atoms with Crippen LogP contribution in [-0.2, 0) is 16.6 Å². The van der Waals surface area contributed by atoms with Crippen LogP contribution in [0, 0.1) is 13.8 Å². The lowest BCUT2D eigenvalue weighted by Crippen LogP contribution is -2.28. The van der Waals surface area contributed by atoms with E-state index in [1.165, 1.54) is 13.1 Å². The Morgan fingerprint density at radius 3 is 2.42 bits per heavy atom. The van der Waals surface area contributed by atoms with Crippen LogP contribution in [0.25, 0.3) is 0 Å². The number of hydrogen-bond acceptors (Lipinski definition) is 3. The van der Waals surface area contributed by atoms with Crippen molar-refractivity contribution in [3.63, 3.8) is 0 Å². The van der Waals surface area contributed by atoms with Crippen molar-refractivity contribution in [1.82, 2.24) is 10.0 Å². The molecule has 0 fully saturated rings. The van der Waals surface area contributed by atoms with Gasteiger partial charge in [-0.05, 0) is 49.7 Å². The molecule has 2 aromatic carbocycles. The van der Waals surface area contributed by atoms with Crippen LogP contribution >= 0.6 is 0 Å². The Hall–Kier alpha value is -2.38. The molecule has 2 amide bonds. The van der Waals surface area contributed by atoms with E-state index in [1.807, 2.05) is 31.2 Å². The first-order valence-electron chi connectivity index (χ1n) is 7.47. The van der Waals surface area contributed by atoms with E-state index in [9.17, 15) is 13.2 Å². The third kappa shape index (κ3) is 4.33. The minimum atomic E-state index is -3.57. The second-order valence-electron chi connectivity index (χ2n) is 5.42. The van der Waals surface area contributed by atoms with Crippen LogP contribution in [0.1, 0.15) is 16.7 Å². The van der Waals surface area contributed by atoms with E-state index in [4.69, 9.17) is 0 Å². The van der Waals surface area contributed by atoms with Crippen LogP contribution < -0.4 is 15.4 Å². The number of benzene rings is 2. The van der Waals surface area contributed by atoms with Crippen molar-refractivity contribution in [3.05, 3.63) is 59.2 Å². The van der Waals surface area contributed by atoms with E-state index in [1.54, 1.807) is 19.1 Å². The summed E-state index contributed by atoms with van der Waals surface area (Å²) in [6.45, 7) is 4.07. The number of amides is 2. The molecule has 3 N–H and O–H groups in total. The third-order valence-corrected chi connectivity index (χ3v) is 5.26. The SMILES string of the molecule is CNS(=O)(=O)c1cc(NC(=O)NCc2ccccc2C)ccc1C. The Bertz CT molecular complexity index is 848. The summed E-state index contributed by atoms with van der Waals surface area (Å²) in [5.74, 6) is 0. The molecule has 0 aliphatic carbocycles. The maximum atomic E-state index is 12.0. The lowest BCUT2D eigenvalue weighted by Gasteiger charge is -2.12. The van der Waals surface area contributed by atoms with Crippen molar-refractivity contribution in [2.24, 2.45) is 0 Å². The topological polar surface area (TPSA) is 87.3 Å². The Morgan fingerprint density at radius 1 is 1.04 bits per heavy atom. The number of sulfonamides is 1. The Labute approximate surface area is 142 Å². The molecule has 7 heteroatoms. The fourth-order valence-corrected chi connectivity index (χ4v) is 3.23. The normalized spacial score (nSPS) is 11.1. The fraction of sp³-hybridized carbons (Fsp3) is 0.235. The lowest BCUT2D eigenvalue weighted by molar-refractivity contribution is 0.251. The van der Waals surface area contributed by atoms with Gasteiger partial charge in [0, 0.05) is 12.2 Å². The van der Waals surface area contributed by atoms with Crippen LogP contribution in [0.4, 0.5) is 10.5 Å². The molecule has 2 rings (SSSR count). The zero-order valence-electron chi connectivity index (χ0n) is 13.9. The van der Waals surface area contributed by atoms with E-state index in [2.05, 4.69) is 15.4 Å². The predicted molar refractivity (Wildman–Crippen MR) is 94.5 cm³/mol. The molecule has 0 aliphatic rings. The number of carbonyl (C=O) groups excluding carboxylic acids is 1. The van der Waals surface area contributed by atoms with Gasteiger partial charge in [-0.3, -0.25) is 0 Å². The molecule has 0 spiro atoms. The van der Waals surface area contributed by atoms with Crippen LogP contribution in [0.5, 0.6) is 0 Å². The summed E-state index contributed by atoms with van der Waals surface area (Å²) in [6, 6.07) is 12.1. The first-order valence-corrected chi connectivity index (χ1v) is 8.95. The molecule has 128 valence electrons. The van der Waals surface area contributed by atoms with Crippen LogP contribution in [0.3, 0.4) is 0 Å². The summed E-state index contributed by atoms with van der Waals surface area (Å²) >= 11 is 0. The molecule has 0 bridgehead atoms. The number of aryl methyl sites for hydroxylation is 2. The average molecular weight is 347 g/mol. The van der Waals surface area contributed by atoms with Crippen molar-refractivity contribution in [2.45, 2.75) is 25.3 Å². The van der Waals surface area contributed by atoms with Gasteiger partial charge in [0.25, 0.3) is 0 Å². The van der Waals surface area contributed by atoms with Gasteiger partial charge in [0.15, 0.2) is 0 Å². The van der Waals surface area contributed by atoms with Crippen molar-refractivity contribution in [2.75, 3.05) is 12.4 Å². The molecule has 0 saturated heterocycles. The second kappa shape index (κ2) is 7.46. The number of carbonyl (C=O) groups is 1. The van der Waals surface area contributed by atoms with E-state index in [0.29, 0.717) is 17.8 Å². The average Bonchev–Trinajstić information content (AvgIpc) is 2.55. The quantitative estimate of drug-likeness (QED) is 0.777. The first-order chi connectivity index (χ1) is 11.3. The van der Waals surface area contributed by atoms with Gasteiger partial charge in [0.05, 0.1) is 4.90 Å². The Kier molecular flexibility index (Phi) is 5.58. The minimum absolute atomic E-state index is 0.140. The zero-order valence-corrected chi connectivity index (χ0v) is 14.7. The van der Waals surface area contributed by atoms with Gasteiger partial charge in [-0.15, -0.1) is 0 Å². The van der Waals surface area contributed by atoms with Crippen LogP contribution in [-0.4, -0.2) is 21.5 Å². The first kappa shape index (κ1) is 18.0.